The van der Waals surface area contributed by atoms with Crippen molar-refractivity contribution in [3.8, 4) is 5.69 Å². The summed E-state index contributed by atoms with van der Waals surface area (Å²) in [6.45, 7) is 5.57. The number of benzene rings is 1. The summed E-state index contributed by atoms with van der Waals surface area (Å²) in [5, 5.41) is 4.37. The van der Waals surface area contributed by atoms with Crippen molar-refractivity contribution in [1.82, 2.24) is 19.4 Å². The summed E-state index contributed by atoms with van der Waals surface area (Å²) in [4.78, 5) is 30.2. The van der Waals surface area contributed by atoms with Gasteiger partial charge >= 0.3 is 0 Å². The number of nitrogens with zero attached hydrogens (tertiary/aromatic N) is 3. The Morgan fingerprint density at radius 2 is 1.89 bits per heavy atom. The summed E-state index contributed by atoms with van der Waals surface area (Å²) in [6.07, 6.45) is 11.4. The maximum absolute atomic E-state index is 14.4. The van der Waals surface area contributed by atoms with Crippen LogP contribution in [0.4, 0.5) is 0 Å². The fourth-order valence-electron chi connectivity index (χ4n) is 6.38. The molecule has 0 bridgehead atoms. The Balaban J connectivity index is 1.48. The van der Waals surface area contributed by atoms with E-state index >= 15 is 0 Å². The first-order valence-corrected chi connectivity index (χ1v) is 13.5. The van der Waals surface area contributed by atoms with Crippen LogP contribution in [0.1, 0.15) is 67.9 Å². The van der Waals surface area contributed by atoms with E-state index in [2.05, 4.69) is 35.0 Å². The highest BCUT2D eigenvalue weighted by Gasteiger charge is 2.50. The van der Waals surface area contributed by atoms with Crippen LogP contribution in [0, 0.1) is 6.92 Å². The van der Waals surface area contributed by atoms with Crippen LogP contribution >= 0.6 is 0 Å². The van der Waals surface area contributed by atoms with Crippen molar-refractivity contribution in [2.45, 2.75) is 83.0 Å². The van der Waals surface area contributed by atoms with Crippen LogP contribution < -0.4 is 5.32 Å². The lowest BCUT2D eigenvalue weighted by atomic mass is 9.91. The highest BCUT2D eigenvalue weighted by molar-refractivity contribution is 6.09. The first-order chi connectivity index (χ1) is 17.5. The smallest absolute Gasteiger partial charge is 0.273 e. The average Bonchev–Trinajstić information content (AvgIpc) is 3.63. The van der Waals surface area contributed by atoms with E-state index in [1.807, 2.05) is 40.9 Å². The molecule has 2 aromatic heterocycles. The monoisotopic (exact) mass is 488 g/mol. The molecule has 1 aromatic carbocycles. The molecule has 1 aliphatic carbocycles. The lowest BCUT2D eigenvalue weighted by Crippen LogP contribution is -2.66. The van der Waals surface area contributed by atoms with Gasteiger partial charge in [0.1, 0.15) is 11.2 Å². The molecule has 1 N–H and O–H groups in total. The lowest BCUT2D eigenvalue weighted by Gasteiger charge is -2.45. The van der Waals surface area contributed by atoms with Gasteiger partial charge in [0, 0.05) is 37.0 Å². The molecule has 190 valence electrons. The first-order valence-electron chi connectivity index (χ1n) is 13.5. The van der Waals surface area contributed by atoms with E-state index < -0.39 is 5.54 Å². The van der Waals surface area contributed by atoms with Crippen LogP contribution in [-0.2, 0) is 16.1 Å². The topological polar surface area (TPSA) is 68.5 Å². The number of carbonyl (C=O) groups excluding carboxylic acids is 2. The standard InChI is InChI=1S/C29H36N4O3/c1-20-12-13-24-23(17-20)25(31-14-6-7-15-31)26-27(34)33(18-22-11-8-16-36-22)29(2,19-32(24)26)28(35)30-21-9-4-3-5-10-21/h6-7,12-15,17,21-22H,3-5,8-11,16,18-19H2,1-2H3,(H,30,35)/t22-,29-/m1/s1. The largest absolute Gasteiger partial charge is 0.376 e. The van der Waals surface area contributed by atoms with Crippen LogP contribution in [-0.4, -0.2) is 56.7 Å². The minimum atomic E-state index is -1.00. The second-order valence-electron chi connectivity index (χ2n) is 11.0. The minimum Gasteiger partial charge on any atom is -0.376 e. The number of ether oxygens (including phenoxy) is 1. The Hall–Kier alpha value is -3.06. The van der Waals surface area contributed by atoms with Crippen molar-refractivity contribution in [2.24, 2.45) is 0 Å². The zero-order valence-corrected chi connectivity index (χ0v) is 21.3. The molecule has 0 radical (unpaired) electrons. The van der Waals surface area contributed by atoms with E-state index in [0.717, 1.165) is 60.7 Å². The van der Waals surface area contributed by atoms with Gasteiger partial charge in [-0.15, -0.1) is 0 Å². The van der Waals surface area contributed by atoms with Crippen LogP contribution in [0.3, 0.4) is 0 Å². The van der Waals surface area contributed by atoms with Crippen LogP contribution in [0.2, 0.25) is 0 Å². The third-order valence-electron chi connectivity index (χ3n) is 8.40. The zero-order valence-electron chi connectivity index (χ0n) is 21.3. The van der Waals surface area contributed by atoms with Gasteiger partial charge in [-0.25, -0.2) is 0 Å². The molecule has 3 aliphatic rings. The summed E-state index contributed by atoms with van der Waals surface area (Å²) in [6, 6.07) is 10.5. The highest BCUT2D eigenvalue weighted by atomic mass is 16.5. The Kier molecular flexibility index (Phi) is 5.91. The van der Waals surface area contributed by atoms with Crippen molar-refractivity contribution < 1.29 is 14.3 Å². The number of aryl methyl sites for hydroxylation is 1. The van der Waals surface area contributed by atoms with E-state index in [-0.39, 0.29) is 24.0 Å². The van der Waals surface area contributed by atoms with E-state index in [1.54, 1.807) is 0 Å². The molecule has 7 nitrogen and oxygen atoms in total. The lowest BCUT2D eigenvalue weighted by molar-refractivity contribution is -0.134. The number of aromatic nitrogens is 2. The Morgan fingerprint density at radius 1 is 1.11 bits per heavy atom. The van der Waals surface area contributed by atoms with Crippen molar-refractivity contribution in [3.05, 3.63) is 54.0 Å². The molecule has 2 aliphatic heterocycles. The molecule has 2 atom stereocenters. The van der Waals surface area contributed by atoms with E-state index in [4.69, 9.17) is 4.74 Å². The summed E-state index contributed by atoms with van der Waals surface area (Å²) in [7, 11) is 0. The number of hydrogen-bond donors (Lipinski definition) is 1. The van der Waals surface area contributed by atoms with E-state index in [0.29, 0.717) is 25.4 Å². The molecule has 6 rings (SSSR count). The molecule has 0 unspecified atom stereocenters. The predicted octanol–water partition coefficient (Wildman–Crippen LogP) is 4.58. The molecular weight excluding hydrogens is 452 g/mol. The SMILES string of the molecule is Cc1ccc2c(c1)c(-n1cccc1)c1n2C[C@](C)(C(=O)NC2CCCCC2)N(C[C@H]2CCCO2)C1=O. The summed E-state index contributed by atoms with van der Waals surface area (Å²) in [5.41, 5.74) is 2.66. The van der Waals surface area contributed by atoms with Gasteiger partial charge in [-0.05, 0) is 63.8 Å². The number of carbonyl (C=O) groups is 2. The maximum Gasteiger partial charge on any atom is 0.273 e. The molecule has 4 heterocycles. The fourth-order valence-corrected chi connectivity index (χ4v) is 6.38. The Labute approximate surface area is 212 Å². The van der Waals surface area contributed by atoms with Gasteiger partial charge in [0.15, 0.2) is 0 Å². The number of amides is 2. The van der Waals surface area contributed by atoms with Gasteiger partial charge in [-0.2, -0.15) is 0 Å². The number of rotatable bonds is 5. The van der Waals surface area contributed by atoms with Gasteiger partial charge in [0.2, 0.25) is 5.91 Å². The molecule has 7 heteroatoms. The third kappa shape index (κ3) is 3.84. The first kappa shape index (κ1) is 23.3. The normalized spacial score (nSPS) is 24.9. The average molecular weight is 489 g/mol. The number of nitrogens with one attached hydrogen (secondary N) is 1. The second kappa shape index (κ2) is 9.11. The zero-order chi connectivity index (χ0) is 24.9. The molecule has 2 amide bonds. The summed E-state index contributed by atoms with van der Waals surface area (Å²) < 4.78 is 10.1. The Bertz CT molecular complexity index is 1280. The molecule has 0 spiro atoms. The maximum atomic E-state index is 14.4. The molecule has 1 saturated carbocycles. The fraction of sp³-hybridized carbons (Fsp3) is 0.517. The van der Waals surface area contributed by atoms with Crippen LogP contribution in [0.25, 0.3) is 16.6 Å². The molecule has 2 fully saturated rings. The number of fused-ring (bicyclic) bond motifs is 3. The Morgan fingerprint density at radius 3 is 2.61 bits per heavy atom. The summed E-state index contributed by atoms with van der Waals surface area (Å²) >= 11 is 0. The number of hydrogen-bond acceptors (Lipinski definition) is 3. The second-order valence-corrected chi connectivity index (χ2v) is 11.0. The quantitative estimate of drug-likeness (QED) is 0.572. The van der Waals surface area contributed by atoms with Gasteiger partial charge in [-0.3, -0.25) is 9.59 Å². The van der Waals surface area contributed by atoms with Gasteiger partial charge in [0.25, 0.3) is 5.91 Å². The van der Waals surface area contributed by atoms with Crippen LogP contribution in [0.15, 0.2) is 42.7 Å². The van der Waals surface area contributed by atoms with Gasteiger partial charge in [0.05, 0.1) is 23.9 Å². The van der Waals surface area contributed by atoms with Gasteiger partial charge < -0.3 is 24.1 Å². The molecular formula is C29H36N4O3. The molecule has 3 aromatic rings. The predicted molar refractivity (Wildman–Crippen MR) is 139 cm³/mol. The minimum absolute atomic E-state index is 0.0380. The van der Waals surface area contributed by atoms with Crippen molar-refractivity contribution >= 4 is 22.7 Å². The molecule has 36 heavy (non-hydrogen) atoms. The van der Waals surface area contributed by atoms with Gasteiger partial charge in [-0.1, -0.05) is 30.9 Å². The highest BCUT2D eigenvalue weighted by Crippen LogP contribution is 2.39. The van der Waals surface area contributed by atoms with E-state index in [1.165, 1.54) is 6.42 Å². The van der Waals surface area contributed by atoms with Crippen molar-refractivity contribution in [1.29, 1.82) is 0 Å². The van der Waals surface area contributed by atoms with Crippen molar-refractivity contribution in [2.75, 3.05) is 13.2 Å². The van der Waals surface area contributed by atoms with Crippen LogP contribution in [0.5, 0.6) is 0 Å². The van der Waals surface area contributed by atoms with E-state index in [9.17, 15) is 9.59 Å². The summed E-state index contributed by atoms with van der Waals surface area (Å²) in [5.74, 6) is -0.154. The third-order valence-corrected chi connectivity index (χ3v) is 8.40. The molecule has 1 saturated heterocycles. The van der Waals surface area contributed by atoms with Crippen molar-refractivity contribution in [3.63, 3.8) is 0 Å².